The van der Waals surface area contributed by atoms with Gasteiger partial charge in [0.05, 0.1) is 19.8 Å². The third kappa shape index (κ3) is 4.11. The first kappa shape index (κ1) is 20.2. The van der Waals surface area contributed by atoms with Gasteiger partial charge in [0.2, 0.25) is 0 Å². The minimum Gasteiger partial charge on any atom is -0.378 e. The summed E-state index contributed by atoms with van der Waals surface area (Å²) in [5.74, 6) is 0.890. The van der Waals surface area contributed by atoms with Crippen molar-refractivity contribution in [3.05, 3.63) is 18.2 Å². The topological polar surface area (TPSA) is 88.9 Å². The number of unbranched alkanes of at least 4 members (excludes halogenated alkanes) is 1. The molecule has 1 aromatic rings. The number of aromatic nitrogens is 2. The number of ether oxygens (including phenoxy) is 2. The van der Waals surface area contributed by atoms with Crippen molar-refractivity contribution in [3.8, 4) is 0 Å². The Morgan fingerprint density at radius 1 is 1.21 bits per heavy atom. The van der Waals surface area contributed by atoms with Crippen LogP contribution in [0.3, 0.4) is 0 Å². The summed E-state index contributed by atoms with van der Waals surface area (Å²) in [6.07, 6.45) is 6.47. The van der Waals surface area contributed by atoms with Crippen LogP contribution in [0.2, 0.25) is 0 Å². The van der Waals surface area contributed by atoms with Crippen LogP contribution >= 0.6 is 0 Å². The van der Waals surface area contributed by atoms with E-state index in [1.807, 2.05) is 20.6 Å². The minimum absolute atomic E-state index is 0.0200. The molecule has 2 saturated heterocycles. The van der Waals surface area contributed by atoms with E-state index in [0.29, 0.717) is 65.3 Å². The van der Waals surface area contributed by atoms with Crippen molar-refractivity contribution in [1.29, 1.82) is 0 Å². The Morgan fingerprint density at radius 3 is 2.69 bits per heavy atom. The molecule has 29 heavy (non-hydrogen) atoms. The summed E-state index contributed by atoms with van der Waals surface area (Å²) in [7, 11) is 0. The largest absolute Gasteiger partial charge is 0.378 e. The van der Waals surface area contributed by atoms with Crippen molar-refractivity contribution in [2.75, 3.05) is 45.9 Å². The van der Waals surface area contributed by atoms with Crippen molar-refractivity contribution in [1.82, 2.24) is 24.7 Å². The highest BCUT2D eigenvalue weighted by Gasteiger charge is 2.48. The fourth-order valence-electron chi connectivity index (χ4n) is 4.41. The lowest BCUT2D eigenvalue weighted by molar-refractivity contribution is -0.182. The van der Waals surface area contributed by atoms with Gasteiger partial charge in [0.1, 0.15) is 11.4 Å². The van der Waals surface area contributed by atoms with Gasteiger partial charge in [-0.3, -0.25) is 4.79 Å². The molecule has 1 spiro atoms. The lowest BCUT2D eigenvalue weighted by atomic mass is 9.88. The predicted molar refractivity (Wildman–Crippen MR) is 105 cm³/mol. The van der Waals surface area contributed by atoms with E-state index >= 15 is 0 Å². The van der Waals surface area contributed by atoms with E-state index in [1.165, 1.54) is 0 Å². The van der Waals surface area contributed by atoms with Gasteiger partial charge in [-0.1, -0.05) is 13.3 Å². The highest BCUT2D eigenvalue weighted by atomic mass is 16.5. The number of amides is 3. The van der Waals surface area contributed by atoms with E-state index in [9.17, 15) is 9.59 Å². The summed E-state index contributed by atoms with van der Waals surface area (Å²) < 4.78 is 13.9. The zero-order valence-electron chi connectivity index (χ0n) is 17.1. The van der Waals surface area contributed by atoms with Gasteiger partial charge in [-0.2, -0.15) is 0 Å². The Kier molecular flexibility index (Phi) is 6.05. The van der Waals surface area contributed by atoms with Gasteiger partial charge >= 0.3 is 6.03 Å². The van der Waals surface area contributed by atoms with Crippen LogP contribution in [-0.2, 0) is 26.4 Å². The maximum Gasteiger partial charge on any atom is 0.317 e. The Bertz CT molecular complexity index is 722. The molecule has 0 aromatic carbocycles. The number of hydrogen-bond acceptors (Lipinski definition) is 5. The van der Waals surface area contributed by atoms with E-state index in [0.717, 1.165) is 18.7 Å². The summed E-state index contributed by atoms with van der Waals surface area (Å²) in [6.45, 7) is 6.81. The second kappa shape index (κ2) is 8.71. The molecule has 0 radical (unpaired) electrons. The molecule has 160 valence electrons. The molecule has 4 heterocycles. The smallest absolute Gasteiger partial charge is 0.317 e. The van der Waals surface area contributed by atoms with Crippen LogP contribution in [0.1, 0.15) is 38.4 Å². The van der Waals surface area contributed by atoms with Gasteiger partial charge in [0.25, 0.3) is 5.91 Å². The number of carbonyl (C=O) groups is 2. The van der Waals surface area contributed by atoms with Crippen LogP contribution < -0.4 is 5.32 Å². The summed E-state index contributed by atoms with van der Waals surface area (Å²) >= 11 is 0. The van der Waals surface area contributed by atoms with Crippen LogP contribution in [0, 0.1) is 0 Å². The van der Waals surface area contributed by atoms with Gasteiger partial charge in [-0.25, -0.2) is 9.78 Å². The molecular formula is C20H31N5O4. The Morgan fingerprint density at radius 2 is 1.97 bits per heavy atom. The average molecular weight is 405 g/mol. The van der Waals surface area contributed by atoms with Crippen molar-refractivity contribution >= 4 is 11.9 Å². The van der Waals surface area contributed by atoms with Crippen molar-refractivity contribution < 1.29 is 19.1 Å². The molecule has 4 rings (SSSR count). The zero-order chi connectivity index (χ0) is 20.3. The molecule has 0 unspecified atom stereocenters. The Balaban J connectivity index is 1.44. The first-order valence-electron chi connectivity index (χ1n) is 10.7. The fraction of sp³-hybridized carbons (Fsp3) is 0.750. The molecule has 3 aliphatic heterocycles. The lowest BCUT2D eigenvalue weighted by Crippen LogP contribution is -2.57. The summed E-state index contributed by atoms with van der Waals surface area (Å²) in [5, 5.41) is 2.98. The Labute approximate surface area is 171 Å². The number of urea groups is 1. The van der Waals surface area contributed by atoms with E-state index in [1.54, 1.807) is 6.20 Å². The van der Waals surface area contributed by atoms with Crippen LogP contribution in [0.25, 0.3) is 0 Å². The number of morpholine rings is 1. The predicted octanol–water partition coefficient (Wildman–Crippen LogP) is 0.942. The molecule has 1 N–H and O–H groups in total. The lowest BCUT2D eigenvalue weighted by Gasteiger charge is -2.46. The van der Waals surface area contributed by atoms with Gasteiger partial charge < -0.3 is 29.2 Å². The number of nitrogens with zero attached hydrogens (tertiary/aromatic N) is 4. The monoisotopic (exact) mass is 405 g/mol. The van der Waals surface area contributed by atoms with Crippen LogP contribution in [0.5, 0.6) is 0 Å². The van der Waals surface area contributed by atoms with Crippen molar-refractivity contribution in [3.63, 3.8) is 0 Å². The normalized spacial score (nSPS) is 23.7. The molecule has 3 aliphatic rings. The second-order valence-corrected chi connectivity index (χ2v) is 8.01. The highest BCUT2D eigenvalue weighted by Crippen LogP contribution is 2.40. The van der Waals surface area contributed by atoms with E-state index < -0.39 is 11.7 Å². The van der Waals surface area contributed by atoms with Crippen LogP contribution in [0.15, 0.2) is 12.4 Å². The minimum atomic E-state index is -0.617. The molecule has 0 saturated carbocycles. The van der Waals surface area contributed by atoms with E-state index in [4.69, 9.17) is 9.47 Å². The molecule has 1 atom stereocenters. The standard InChI is InChI=1S/C20H31N5O4/c1-2-3-6-22-19(27)24-8-4-20(5-9-24)18-21-7-10-25(18)15-16(29-20)17(26)23-11-13-28-14-12-23/h7,10,16H,2-6,8-9,11-15H2,1H3,(H,22,27)/t16-/m1/s1. The van der Waals surface area contributed by atoms with Gasteiger partial charge in [0.15, 0.2) is 6.10 Å². The van der Waals surface area contributed by atoms with Crippen molar-refractivity contribution in [2.24, 2.45) is 0 Å². The second-order valence-electron chi connectivity index (χ2n) is 8.01. The third-order valence-corrected chi connectivity index (χ3v) is 6.12. The number of hydrogen-bond donors (Lipinski definition) is 1. The number of imidazole rings is 1. The number of nitrogens with one attached hydrogen (secondary N) is 1. The number of rotatable bonds is 4. The fourth-order valence-corrected chi connectivity index (χ4v) is 4.41. The Hall–Kier alpha value is -2.13. The van der Waals surface area contributed by atoms with Crippen LogP contribution in [-0.4, -0.2) is 83.3 Å². The number of fused-ring (bicyclic) bond motifs is 2. The van der Waals surface area contributed by atoms with E-state index in [2.05, 4.69) is 17.2 Å². The SMILES string of the molecule is CCCCNC(=O)N1CCC2(CC1)O[C@@H](C(=O)N1CCOCC1)Cn1ccnc12. The first-order chi connectivity index (χ1) is 14.1. The molecule has 0 bridgehead atoms. The summed E-state index contributed by atoms with van der Waals surface area (Å²) in [4.78, 5) is 33.7. The summed E-state index contributed by atoms with van der Waals surface area (Å²) in [6, 6.07) is -0.0200. The molecule has 9 heteroatoms. The van der Waals surface area contributed by atoms with Crippen molar-refractivity contribution in [2.45, 2.75) is 50.9 Å². The number of likely N-dealkylation sites (tertiary alicyclic amines) is 1. The summed E-state index contributed by atoms with van der Waals surface area (Å²) in [5.41, 5.74) is -0.617. The first-order valence-corrected chi connectivity index (χ1v) is 10.7. The maximum absolute atomic E-state index is 13.1. The number of carbonyl (C=O) groups excluding carboxylic acids is 2. The quantitative estimate of drug-likeness (QED) is 0.754. The van der Waals surface area contributed by atoms with E-state index in [-0.39, 0.29) is 11.9 Å². The average Bonchev–Trinajstić information content (AvgIpc) is 3.24. The molecule has 2 fully saturated rings. The molecule has 9 nitrogen and oxygen atoms in total. The van der Waals surface area contributed by atoms with Crippen LogP contribution in [0.4, 0.5) is 4.79 Å². The molecule has 0 aliphatic carbocycles. The van der Waals surface area contributed by atoms with Gasteiger partial charge in [0, 0.05) is 58.0 Å². The molecular weight excluding hydrogens is 374 g/mol. The van der Waals surface area contributed by atoms with Gasteiger partial charge in [-0.15, -0.1) is 0 Å². The highest BCUT2D eigenvalue weighted by molar-refractivity contribution is 5.81. The molecule has 3 amide bonds. The zero-order valence-corrected chi connectivity index (χ0v) is 17.1. The third-order valence-electron chi connectivity index (χ3n) is 6.12. The van der Waals surface area contributed by atoms with Gasteiger partial charge in [-0.05, 0) is 6.42 Å². The maximum atomic E-state index is 13.1. The number of piperidine rings is 1. The molecule has 1 aromatic heterocycles.